The lowest BCUT2D eigenvalue weighted by atomic mass is 9.88. The standard InChI is InChI=1S/C24H32N2O7S.CH2F2/c1-24(23(29)25-30,34(2,31)32)12-14-26-13-11-19(15-22(26)28)18-5-9-21(10-6-18)33-16-17-3-7-20(27)8-4-17;2-1-3/h5-6,9-11,13,15,17,20,27,30H,3-4,7-8,12,14,16H2,1-2H3,(H,25,29);1H2/t17?,20?,24-;/m1./s1. The van der Waals surface area contributed by atoms with Crippen LogP contribution in [0.1, 0.15) is 39.0 Å². The molecule has 37 heavy (non-hydrogen) atoms. The molecule has 0 unspecified atom stereocenters. The quantitative estimate of drug-likeness (QED) is 0.326. The van der Waals surface area contributed by atoms with Crippen molar-refractivity contribution in [1.82, 2.24) is 10.0 Å². The Labute approximate surface area is 215 Å². The minimum atomic E-state index is -3.84. The van der Waals surface area contributed by atoms with Crippen molar-refractivity contribution >= 4 is 15.7 Å². The molecule has 9 nitrogen and oxygen atoms in total. The zero-order chi connectivity index (χ0) is 27.6. The van der Waals surface area contributed by atoms with E-state index in [0.29, 0.717) is 18.1 Å². The summed E-state index contributed by atoms with van der Waals surface area (Å²) in [4.78, 5) is 24.6. The van der Waals surface area contributed by atoms with Crippen LogP contribution in [0.4, 0.5) is 8.78 Å². The van der Waals surface area contributed by atoms with Crippen LogP contribution in [-0.4, -0.2) is 59.8 Å². The Morgan fingerprint density at radius 2 is 1.73 bits per heavy atom. The maximum absolute atomic E-state index is 12.6. The van der Waals surface area contributed by atoms with Gasteiger partial charge in [0.2, 0.25) is 6.93 Å². The number of aryl methyl sites for hydroxylation is 1. The van der Waals surface area contributed by atoms with Crippen molar-refractivity contribution in [3.8, 4) is 16.9 Å². The Morgan fingerprint density at radius 3 is 2.24 bits per heavy atom. The van der Waals surface area contributed by atoms with Gasteiger partial charge in [0.25, 0.3) is 11.5 Å². The Kier molecular flexibility index (Phi) is 11.2. The van der Waals surface area contributed by atoms with E-state index in [-0.39, 0.29) is 24.6 Å². The van der Waals surface area contributed by atoms with Crippen molar-refractivity contribution in [3.05, 3.63) is 52.9 Å². The summed E-state index contributed by atoms with van der Waals surface area (Å²) in [5, 5.41) is 18.5. The van der Waals surface area contributed by atoms with E-state index in [1.807, 2.05) is 24.3 Å². The molecule has 1 saturated carbocycles. The van der Waals surface area contributed by atoms with E-state index in [2.05, 4.69) is 0 Å². The lowest BCUT2D eigenvalue weighted by Crippen LogP contribution is -2.49. The molecule has 1 fully saturated rings. The Morgan fingerprint density at radius 1 is 1.14 bits per heavy atom. The summed E-state index contributed by atoms with van der Waals surface area (Å²) in [5.41, 5.74) is 2.60. The van der Waals surface area contributed by atoms with Crippen molar-refractivity contribution in [2.45, 2.75) is 56.4 Å². The summed E-state index contributed by atoms with van der Waals surface area (Å²) in [7, 11) is -3.84. The number of amides is 1. The average molecular weight is 545 g/mol. The summed E-state index contributed by atoms with van der Waals surface area (Å²) in [5.74, 6) is 0.150. The first-order chi connectivity index (χ1) is 17.4. The highest BCUT2D eigenvalue weighted by molar-refractivity contribution is 7.92. The van der Waals surface area contributed by atoms with Crippen LogP contribution < -0.4 is 15.8 Å². The highest BCUT2D eigenvalue weighted by Gasteiger charge is 2.43. The fourth-order valence-electron chi connectivity index (χ4n) is 4.06. The molecule has 1 atom stereocenters. The van der Waals surface area contributed by atoms with E-state index >= 15 is 0 Å². The third-order valence-electron chi connectivity index (χ3n) is 6.72. The molecule has 3 rings (SSSR count). The van der Waals surface area contributed by atoms with Crippen LogP contribution in [0, 0.1) is 5.92 Å². The number of halogens is 2. The first-order valence-electron chi connectivity index (χ1n) is 11.8. The normalized spacial score (nSPS) is 19.2. The van der Waals surface area contributed by atoms with Crippen LogP contribution in [0.5, 0.6) is 5.75 Å². The van der Waals surface area contributed by atoms with E-state index in [1.54, 1.807) is 12.3 Å². The van der Waals surface area contributed by atoms with Crippen molar-refractivity contribution in [3.63, 3.8) is 0 Å². The zero-order valence-corrected chi connectivity index (χ0v) is 21.7. The molecule has 12 heteroatoms. The van der Waals surface area contributed by atoms with Crippen LogP contribution in [0.3, 0.4) is 0 Å². The molecule has 1 aliphatic rings. The fraction of sp³-hybridized carbons (Fsp3) is 0.520. The first-order valence-corrected chi connectivity index (χ1v) is 13.7. The molecule has 1 aromatic heterocycles. The van der Waals surface area contributed by atoms with Gasteiger partial charge in [-0.25, -0.2) is 22.7 Å². The third kappa shape index (κ3) is 8.34. The summed E-state index contributed by atoms with van der Waals surface area (Å²) < 4.78 is 48.8. The number of aliphatic hydroxyl groups excluding tert-OH is 1. The molecular formula is C25H34F2N2O7S. The molecule has 0 bridgehead atoms. The molecule has 1 aromatic carbocycles. The van der Waals surface area contributed by atoms with E-state index in [0.717, 1.165) is 43.3 Å². The van der Waals surface area contributed by atoms with Crippen LogP contribution in [-0.2, 0) is 21.2 Å². The molecule has 1 aliphatic carbocycles. The molecule has 206 valence electrons. The molecule has 0 saturated heterocycles. The minimum absolute atomic E-state index is 0.0128. The number of sulfone groups is 1. The number of hydroxylamine groups is 1. The maximum Gasteiger partial charge on any atom is 0.264 e. The molecule has 0 spiro atoms. The Hall–Kier alpha value is -2.83. The van der Waals surface area contributed by atoms with E-state index in [9.17, 15) is 31.9 Å². The topological polar surface area (TPSA) is 135 Å². The fourth-order valence-corrected chi connectivity index (χ4v) is 4.91. The van der Waals surface area contributed by atoms with Crippen LogP contribution in [0.2, 0.25) is 0 Å². The number of nitrogens with zero attached hydrogens (tertiary/aromatic N) is 1. The highest BCUT2D eigenvalue weighted by Crippen LogP contribution is 2.27. The monoisotopic (exact) mass is 544 g/mol. The van der Waals surface area contributed by atoms with Crippen molar-refractivity contribution in [1.29, 1.82) is 0 Å². The summed E-state index contributed by atoms with van der Waals surface area (Å²) in [6.07, 6.45) is 5.67. The van der Waals surface area contributed by atoms with Crippen molar-refractivity contribution in [2.75, 3.05) is 19.8 Å². The van der Waals surface area contributed by atoms with Crippen LogP contribution in [0.25, 0.3) is 11.1 Å². The van der Waals surface area contributed by atoms with Crippen molar-refractivity contribution < 1.29 is 37.0 Å². The van der Waals surface area contributed by atoms with E-state index < -0.39 is 27.4 Å². The Bertz CT molecular complexity index is 1180. The van der Waals surface area contributed by atoms with Gasteiger partial charge < -0.3 is 14.4 Å². The number of hydrogen-bond donors (Lipinski definition) is 3. The molecule has 2 aromatic rings. The number of benzene rings is 1. The number of pyridine rings is 1. The van der Waals surface area contributed by atoms with Gasteiger partial charge in [-0.1, -0.05) is 12.1 Å². The Balaban J connectivity index is 0.00000153. The average Bonchev–Trinajstić information content (AvgIpc) is 2.87. The number of nitrogens with one attached hydrogen (secondary N) is 1. The van der Waals surface area contributed by atoms with Gasteiger partial charge in [0, 0.05) is 25.1 Å². The van der Waals surface area contributed by atoms with Gasteiger partial charge in [0.1, 0.15) is 5.75 Å². The number of aliphatic hydroxyl groups is 1. The first kappa shape index (κ1) is 30.4. The van der Waals surface area contributed by atoms with Gasteiger partial charge >= 0.3 is 0 Å². The number of aromatic nitrogens is 1. The second-order valence-corrected chi connectivity index (χ2v) is 11.7. The predicted octanol–water partition coefficient (Wildman–Crippen LogP) is 3.03. The SMILES string of the molecule is C[C@@](CCn1ccc(-c2ccc(OCC3CCC(O)CC3)cc2)cc1=O)(C(=O)NO)S(C)(=O)=O.FCF. The number of alkyl halides is 2. The van der Waals surface area contributed by atoms with E-state index in [4.69, 9.17) is 9.94 Å². The molecule has 1 amide bonds. The van der Waals surface area contributed by atoms with Crippen LogP contribution >= 0.6 is 0 Å². The molecular weight excluding hydrogens is 510 g/mol. The smallest absolute Gasteiger partial charge is 0.264 e. The number of carbonyl (C=O) groups excluding carboxylic acids is 1. The van der Waals surface area contributed by atoms with Gasteiger partial charge in [-0.15, -0.1) is 0 Å². The summed E-state index contributed by atoms with van der Waals surface area (Å²) in [6, 6.07) is 10.6. The maximum atomic E-state index is 12.6. The van der Waals surface area contributed by atoms with Gasteiger partial charge in [-0.2, -0.15) is 0 Å². The molecule has 0 aliphatic heterocycles. The number of carbonyl (C=O) groups is 1. The second kappa shape index (κ2) is 13.6. The van der Waals surface area contributed by atoms with Gasteiger partial charge in [0.15, 0.2) is 14.6 Å². The minimum Gasteiger partial charge on any atom is -0.493 e. The largest absolute Gasteiger partial charge is 0.493 e. The molecule has 1 heterocycles. The number of hydrogen-bond acceptors (Lipinski definition) is 7. The number of ether oxygens (including phenoxy) is 1. The summed E-state index contributed by atoms with van der Waals surface area (Å²) in [6.45, 7) is 0.0679. The lowest BCUT2D eigenvalue weighted by molar-refractivity contribution is -0.131. The number of rotatable bonds is 9. The molecule has 0 radical (unpaired) electrons. The van der Waals surface area contributed by atoms with Crippen molar-refractivity contribution in [2.24, 2.45) is 5.92 Å². The lowest BCUT2D eigenvalue weighted by Gasteiger charge is -2.25. The highest BCUT2D eigenvalue weighted by atomic mass is 32.2. The van der Waals surface area contributed by atoms with Gasteiger partial charge in [-0.05, 0) is 74.3 Å². The molecule has 3 N–H and O–H groups in total. The van der Waals surface area contributed by atoms with E-state index in [1.165, 1.54) is 23.0 Å². The van der Waals surface area contributed by atoms with Crippen LogP contribution in [0.15, 0.2) is 47.4 Å². The third-order valence-corrected chi connectivity index (χ3v) is 8.74. The second-order valence-electron chi connectivity index (χ2n) is 9.25. The predicted molar refractivity (Wildman–Crippen MR) is 134 cm³/mol. The van der Waals surface area contributed by atoms with Gasteiger partial charge in [0.05, 0.1) is 12.7 Å². The van der Waals surface area contributed by atoms with Gasteiger partial charge in [-0.3, -0.25) is 14.8 Å². The summed E-state index contributed by atoms with van der Waals surface area (Å²) >= 11 is 0. The zero-order valence-electron chi connectivity index (χ0n) is 20.9.